The Morgan fingerprint density at radius 3 is 2.38 bits per heavy atom. The summed E-state index contributed by atoms with van der Waals surface area (Å²) in [6, 6.07) is 11.1. The molecule has 0 bridgehead atoms. The van der Waals surface area contributed by atoms with Gasteiger partial charge in [-0.1, -0.05) is 35.9 Å². The Morgan fingerprint density at radius 2 is 1.77 bits per heavy atom. The second-order valence-electron chi connectivity index (χ2n) is 5.25. The van der Waals surface area contributed by atoms with Gasteiger partial charge in [-0.2, -0.15) is 0 Å². The van der Waals surface area contributed by atoms with E-state index in [0.717, 1.165) is 16.4 Å². The van der Waals surface area contributed by atoms with Crippen LogP contribution in [0.2, 0.25) is 5.02 Å². The van der Waals surface area contributed by atoms with Gasteiger partial charge in [0.05, 0.1) is 15.6 Å². The van der Waals surface area contributed by atoms with Crippen molar-refractivity contribution in [3.05, 3.63) is 63.7 Å². The fourth-order valence-electron chi connectivity index (χ4n) is 2.34. The second-order valence-corrected chi connectivity index (χ2v) is 7.49. The van der Waals surface area contributed by atoms with Crippen LogP contribution in [0.1, 0.15) is 12.8 Å². The van der Waals surface area contributed by atoms with E-state index in [1.807, 2.05) is 0 Å². The second kappa shape index (κ2) is 8.15. The average Bonchev–Trinajstić information content (AvgIpc) is 2.59. The lowest BCUT2D eigenvalue weighted by Gasteiger charge is -2.25. The minimum Gasteiger partial charge on any atom is -0.481 e. The van der Waals surface area contributed by atoms with Crippen LogP contribution in [0.5, 0.6) is 0 Å². The molecular formula is C16H15ClN2O6S. The molecule has 10 heteroatoms. The van der Waals surface area contributed by atoms with Crippen molar-refractivity contribution in [2.45, 2.75) is 17.7 Å². The van der Waals surface area contributed by atoms with Crippen molar-refractivity contribution in [3.63, 3.8) is 0 Å². The van der Waals surface area contributed by atoms with Gasteiger partial charge in [-0.3, -0.25) is 19.2 Å². The molecule has 2 rings (SSSR count). The molecule has 0 aromatic heterocycles. The molecule has 0 aliphatic carbocycles. The first-order valence-electron chi connectivity index (χ1n) is 7.47. The van der Waals surface area contributed by atoms with Crippen LogP contribution in [-0.4, -0.2) is 31.0 Å². The summed E-state index contributed by atoms with van der Waals surface area (Å²) in [5.41, 5.74) is -0.444. The van der Waals surface area contributed by atoms with Crippen LogP contribution in [-0.2, 0) is 14.8 Å². The van der Waals surface area contributed by atoms with Crippen LogP contribution >= 0.6 is 11.6 Å². The number of carbonyl (C=O) groups is 1. The van der Waals surface area contributed by atoms with Crippen molar-refractivity contribution in [2.75, 3.05) is 10.8 Å². The van der Waals surface area contributed by atoms with E-state index in [0.29, 0.717) is 0 Å². The number of hydrogen-bond acceptors (Lipinski definition) is 5. The highest BCUT2D eigenvalue weighted by atomic mass is 35.5. The van der Waals surface area contributed by atoms with E-state index in [4.69, 9.17) is 16.7 Å². The van der Waals surface area contributed by atoms with Crippen LogP contribution in [0.15, 0.2) is 53.4 Å². The first-order valence-corrected chi connectivity index (χ1v) is 9.29. The summed E-state index contributed by atoms with van der Waals surface area (Å²) in [5.74, 6) is -1.08. The molecule has 0 fully saturated rings. The molecule has 2 aromatic carbocycles. The maximum atomic E-state index is 13.1. The van der Waals surface area contributed by atoms with Crippen LogP contribution in [0.4, 0.5) is 11.4 Å². The summed E-state index contributed by atoms with van der Waals surface area (Å²) in [7, 11) is -4.34. The smallest absolute Gasteiger partial charge is 0.303 e. The van der Waals surface area contributed by atoms with Gasteiger partial charge in [0.1, 0.15) is 0 Å². The van der Waals surface area contributed by atoms with Gasteiger partial charge in [-0.25, -0.2) is 8.42 Å². The lowest BCUT2D eigenvalue weighted by atomic mass is 10.3. The van der Waals surface area contributed by atoms with E-state index >= 15 is 0 Å². The molecule has 0 aliphatic heterocycles. The van der Waals surface area contributed by atoms with Crippen molar-refractivity contribution in [2.24, 2.45) is 0 Å². The van der Waals surface area contributed by atoms with E-state index in [9.17, 15) is 23.3 Å². The van der Waals surface area contributed by atoms with Gasteiger partial charge >= 0.3 is 5.97 Å². The van der Waals surface area contributed by atoms with Crippen molar-refractivity contribution < 1.29 is 23.2 Å². The van der Waals surface area contributed by atoms with Gasteiger partial charge in [-0.15, -0.1) is 0 Å². The molecule has 0 saturated carbocycles. The Kier molecular flexibility index (Phi) is 6.17. The molecule has 0 spiro atoms. The molecule has 0 atom stereocenters. The number of nitro groups is 1. The molecule has 26 heavy (non-hydrogen) atoms. The molecule has 8 nitrogen and oxygen atoms in total. The summed E-state index contributed by atoms with van der Waals surface area (Å²) in [4.78, 5) is 20.7. The zero-order chi connectivity index (χ0) is 19.3. The first kappa shape index (κ1) is 19.7. The fourth-order valence-corrected chi connectivity index (χ4v) is 4.31. The van der Waals surface area contributed by atoms with Crippen molar-refractivity contribution >= 4 is 39.0 Å². The van der Waals surface area contributed by atoms with Crippen LogP contribution in [0.25, 0.3) is 0 Å². The maximum Gasteiger partial charge on any atom is 0.303 e. The quantitative estimate of drug-likeness (QED) is 0.538. The number of sulfonamides is 1. The lowest BCUT2D eigenvalue weighted by molar-refractivity contribution is -0.387. The Bertz CT molecular complexity index is 932. The van der Waals surface area contributed by atoms with E-state index in [1.54, 1.807) is 12.1 Å². The molecule has 1 N–H and O–H groups in total. The fraction of sp³-hybridized carbons (Fsp3) is 0.188. The number of hydrogen-bond donors (Lipinski definition) is 1. The van der Waals surface area contributed by atoms with Crippen molar-refractivity contribution in [3.8, 4) is 0 Å². The molecule has 0 radical (unpaired) electrons. The summed E-state index contributed by atoms with van der Waals surface area (Å²) < 4.78 is 27.1. The highest BCUT2D eigenvalue weighted by Crippen LogP contribution is 2.33. The average molecular weight is 399 g/mol. The number of anilines is 1. The minimum atomic E-state index is -4.34. The predicted molar refractivity (Wildman–Crippen MR) is 96.0 cm³/mol. The monoisotopic (exact) mass is 398 g/mol. The summed E-state index contributed by atoms with van der Waals surface area (Å²) in [6.07, 6.45) is -0.242. The molecule has 0 heterocycles. The highest BCUT2D eigenvalue weighted by molar-refractivity contribution is 7.93. The number of rotatable bonds is 8. The Labute approximate surface area is 154 Å². The number of aliphatic carboxylic acids is 1. The van der Waals surface area contributed by atoms with E-state index < -0.39 is 31.5 Å². The van der Waals surface area contributed by atoms with Gasteiger partial charge in [0.2, 0.25) is 0 Å². The third-order valence-corrected chi connectivity index (χ3v) is 5.68. The number of halogens is 1. The number of nitro benzene ring substituents is 1. The number of para-hydroxylation sites is 2. The van der Waals surface area contributed by atoms with Gasteiger partial charge < -0.3 is 5.11 Å². The summed E-state index contributed by atoms with van der Waals surface area (Å²) in [5, 5.41) is 20.2. The molecule has 138 valence electrons. The lowest BCUT2D eigenvalue weighted by Crippen LogP contribution is -2.33. The van der Waals surface area contributed by atoms with Crippen LogP contribution in [0.3, 0.4) is 0 Å². The summed E-state index contributed by atoms with van der Waals surface area (Å²) >= 11 is 6.10. The topological polar surface area (TPSA) is 118 Å². The van der Waals surface area contributed by atoms with E-state index in [2.05, 4.69) is 0 Å². The third-order valence-electron chi connectivity index (χ3n) is 3.50. The van der Waals surface area contributed by atoms with Crippen molar-refractivity contribution in [1.82, 2.24) is 0 Å². The van der Waals surface area contributed by atoms with E-state index in [-0.39, 0.29) is 30.1 Å². The van der Waals surface area contributed by atoms with Crippen LogP contribution < -0.4 is 4.31 Å². The predicted octanol–water partition coefficient (Wildman–Crippen LogP) is 3.31. The zero-order valence-electron chi connectivity index (χ0n) is 13.4. The van der Waals surface area contributed by atoms with Gasteiger partial charge in [0.15, 0.2) is 4.90 Å². The molecule has 0 unspecified atom stereocenters. The van der Waals surface area contributed by atoms with Gasteiger partial charge in [-0.05, 0) is 24.6 Å². The van der Waals surface area contributed by atoms with E-state index in [1.165, 1.54) is 24.3 Å². The Balaban J connectivity index is 2.55. The largest absolute Gasteiger partial charge is 0.481 e. The maximum absolute atomic E-state index is 13.1. The molecule has 0 saturated heterocycles. The number of carboxylic acids is 1. The molecule has 0 amide bonds. The zero-order valence-corrected chi connectivity index (χ0v) is 15.0. The SMILES string of the molecule is O=C(O)CCCN(c1ccccc1Cl)S(=O)(=O)c1ccccc1[N+](=O)[O-]. The normalized spacial score (nSPS) is 11.1. The highest BCUT2D eigenvalue weighted by Gasteiger charge is 2.32. The summed E-state index contributed by atoms with van der Waals surface area (Å²) in [6.45, 7) is -0.190. The van der Waals surface area contributed by atoms with Gasteiger partial charge in [0.25, 0.3) is 15.7 Å². The number of carboxylic acid groups (broad SMARTS) is 1. The molecular weight excluding hydrogens is 384 g/mol. The standard InChI is InChI=1S/C16H15ClN2O6S/c17-12-6-1-2-7-13(12)18(11-5-10-16(20)21)26(24,25)15-9-4-3-8-14(15)19(22)23/h1-4,6-9H,5,10-11H2,(H,20,21). The van der Waals surface area contributed by atoms with Crippen LogP contribution in [0, 0.1) is 10.1 Å². The number of nitrogens with zero attached hydrogens (tertiary/aromatic N) is 2. The van der Waals surface area contributed by atoms with Gasteiger partial charge in [0, 0.05) is 19.0 Å². The molecule has 0 aliphatic rings. The minimum absolute atomic E-state index is 0.0143. The molecule has 2 aromatic rings. The Morgan fingerprint density at radius 1 is 1.15 bits per heavy atom. The third kappa shape index (κ3) is 4.30. The number of benzene rings is 2. The first-order chi connectivity index (χ1) is 12.2. The Hall–Kier alpha value is -2.65. The van der Waals surface area contributed by atoms with Crippen molar-refractivity contribution in [1.29, 1.82) is 0 Å².